The molecule has 0 saturated carbocycles. The van der Waals surface area contributed by atoms with E-state index in [-0.39, 0.29) is 0 Å². The zero-order valence-corrected chi connectivity index (χ0v) is 60.2. The van der Waals surface area contributed by atoms with E-state index < -0.39 is 0 Å². The lowest BCUT2D eigenvalue weighted by Gasteiger charge is -2.13. The van der Waals surface area contributed by atoms with Gasteiger partial charge in [0.15, 0.2) is 0 Å². The Balaban J connectivity index is 0.000000107. The van der Waals surface area contributed by atoms with Gasteiger partial charge in [-0.1, -0.05) is 261 Å². The van der Waals surface area contributed by atoms with Crippen LogP contribution >= 0.6 is 0 Å². The van der Waals surface area contributed by atoms with E-state index in [0.29, 0.717) is 0 Å². The maximum atomic E-state index is 6.20. The van der Waals surface area contributed by atoms with Crippen LogP contribution < -0.4 is 0 Å². The van der Waals surface area contributed by atoms with Crippen LogP contribution in [0.3, 0.4) is 0 Å². The molecule has 0 N–H and O–H groups in total. The number of rotatable bonds is 9. The highest BCUT2D eigenvalue weighted by Crippen LogP contribution is 2.42. The van der Waals surface area contributed by atoms with Crippen molar-refractivity contribution in [2.75, 3.05) is 0 Å². The molecule has 23 aromatic rings. The lowest BCUT2D eigenvalue weighted by atomic mass is 10.00. The van der Waals surface area contributed by atoms with Gasteiger partial charge in [-0.15, -0.1) is 0 Å². The minimum atomic E-state index is 0.854. The summed E-state index contributed by atoms with van der Waals surface area (Å²) in [4.78, 5) is 30.5. The van der Waals surface area contributed by atoms with Crippen molar-refractivity contribution in [3.05, 3.63) is 382 Å². The molecule has 10 heteroatoms. The zero-order chi connectivity index (χ0) is 74.0. The first kappa shape index (κ1) is 65.1. The fourth-order valence-electron chi connectivity index (χ4n) is 15.8. The van der Waals surface area contributed by atoms with Crippen LogP contribution in [0.2, 0.25) is 0 Å². The molecule has 0 bridgehead atoms. The highest BCUT2D eigenvalue weighted by molar-refractivity contribution is 6.12. The minimum Gasteiger partial charge on any atom is -0.456 e. The number of hydrogen-bond acceptors (Lipinski definition) is 9. The van der Waals surface area contributed by atoms with Crippen molar-refractivity contribution in [2.24, 2.45) is 0 Å². The Bertz CT molecular complexity index is 7520. The number of para-hydroxylation sites is 6. The molecule has 0 aliphatic heterocycles. The second-order valence-corrected chi connectivity index (χ2v) is 28.0. The fraction of sp³-hybridized carbons (Fsp3) is 0. The third-order valence-corrected chi connectivity index (χ3v) is 21.2. The monoisotopic (exact) mass is 1430 g/mol. The molecular weight excluding hydrogens is 1370 g/mol. The molecule has 15 aromatic carbocycles. The maximum absolute atomic E-state index is 6.20. The van der Waals surface area contributed by atoms with Crippen LogP contribution in [0, 0.1) is 0 Å². The van der Waals surface area contributed by atoms with Gasteiger partial charge in [-0.05, 0) is 132 Å². The number of fused-ring (bicyclic) bond motifs is 15. The molecule has 0 saturated heterocycles. The standard InChI is InChI=1S/C38H23N3O.2C32H20N2O/c1-2-9-26(10-3-1)41-34-14-6-4-11-27(34)28-18-17-25(21-35(28)41)38-31-13-8-20-39-33(31)23-32(40-38)24-16-19-30-29-12-5-7-15-36(29)42-37(30)22-24;1-3-10-21(11-4-1)30-31(22-12-5-2-6-13-22)34-32-24(15-9-16-27(32)33-30)23-18-19-26-25-14-7-8-17-28(25)35-29(26)20-23;1-3-9-21(10-4-1)31-32(22-11-5-2-6-12-22)34-28-19-23(16-18-27(28)33-31)24-15-17-26-25-13-7-8-14-29(25)35-30(26)20-24/h1-23H;2*1-20H. The third kappa shape index (κ3) is 11.7. The molecule has 8 aromatic heterocycles. The summed E-state index contributed by atoms with van der Waals surface area (Å²) >= 11 is 0. The molecule has 0 fully saturated rings. The van der Waals surface area contributed by atoms with Gasteiger partial charge in [-0.25, -0.2) is 24.9 Å². The molecule has 112 heavy (non-hydrogen) atoms. The van der Waals surface area contributed by atoms with Crippen molar-refractivity contribution >= 4 is 121 Å². The molecule has 0 aliphatic rings. The molecule has 524 valence electrons. The van der Waals surface area contributed by atoms with E-state index in [0.717, 1.165) is 200 Å². The van der Waals surface area contributed by atoms with Crippen molar-refractivity contribution in [1.29, 1.82) is 0 Å². The molecule has 0 unspecified atom stereocenters. The van der Waals surface area contributed by atoms with Gasteiger partial charge >= 0.3 is 0 Å². The first-order valence-electron chi connectivity index (χ1n) is 37.4. The summed E-state index contributed by atoms with van der Waals surface area (Å²) in [6, 6.07) is 129. The predicted octanol–water partition coefficient (Wildman–Crippen LogP) is 27.0. The van der Waals surface area contributed by atoms with Crippen LogP contribution in [0.15, 0.2) is 396 Å². The molecule has 0 amide bonds. The second kappa shape index (κ2) is 27.5. The summed E-state index contributed by atoms with van der Waals surface area (Å²) in [5.74, 6) is 0. The van der Waals surface area contributed by atoms with Gasteiger partial charge in [0.1, 0.15) is 33.5 Å². The smallest absolute Gasteiger partial charge is 0.136 e. The molecule has 23 rings (SSSR count). The lowest BCUT2D eigenvalue weighted by molar-refractivity contribution is 0.668. The van der Waals surface area contributed by atoms with E-state index in [9.17, 15) is 0 Å². The highest BCUT2D eigenvalue weighted by atomic mass is 16.3. The van der Waals surface area contributed by atoms with E-state index in [2.05, 4.69) is 235 Å². The van der Waals surface area contributed by atoms with Gasteiger partial charge in [0.05, 0.1) is 72.8 Å². The van der Waals surface area contributed by atoms with Crippen molar-refractivity contribution in [3.63, 3.8) is 0 Å². The van der Waals surface area contributed by atoms with Gasteiger partial charge in [-0.2, -0.15) is 0 Å². The quantitative estimate of drug-likeness (QED) is 0.139. The van der Waals surface area contributed by atoms with Gasteiger partial charge in [0.2, 0.25) is 0 Å². The van der Waals surface area contributed by atoms with Crippen molar-refractivity contribution in [3.8, 4) is 95.5 Å². The summed E-state index contributed by atoms with van der Waals surface area (Å²) < 4.78 is 20.8. The fourth-order valence-corrected chi connectivity index (χ4v) is 15.8. The largest absolute Gasteiger partial charge is 0.456 e. The molecule has 0 radical (unpaired) electrons. The molecule has 8 heterocycles. The number of aromatic nitrogens is 7. The van der Waals surface area contributed by atoms with E-state index in [1.807, 2.05) is 152 Å². The molecular formula is C102H63N7O3. The summed E-state index contributed by atoms with van der Waals surface area (Å²) in [6.45, 7) is 0. The first-order chi connectivity index (χ1) is 55.5. The zero-order valence-electron chi connectivity index (χ0n) is 60.2. The second-order valence-electron chi connectivity index (χ2n) is 28.0. The van der Waals surface area contributed by atoms with Crippen LogP contribution in [0.25, 0.3) is 216 Å². The number of hydrogen-bond donors (Lipinski definition) is 0. The normalized spacial score (nSPS) is 11.6. The Kier molecular flexibility index (Phi) is 16.0. The van der Waals surface area contributed by atoms with E-state index in [4.69, 9.17) is 43.2 Å². The molecule has 0 spiro atoms. The van der Waals surface area contributed by atoms with Crippen LogP contribution in [0.5, 0.6) is 0 Å². The Morgan fingerprint density at radius 2 is 0.625 bits per heavy atom. The summed E-state index contributed by atoms with van der Waals surface area (Å²) in [5.41, 5.74) is 29.0. The predicted molar refractivity (Wildman–Crippen MR) is 458 cm³/mol. The third-order valence-electron chi connectivity index (χ3n) is 21.2. The first-order valence-corrected chi connectivity index (χ1v) is 37.4. The number of pyridine rings is 2. The van der Waals surface area contributed by atoms with E-state index in [1.165, 1.54) is 16.3 Å². The Hall–Kier alpha value is -15.3. The lowest BCUT2D eigenvalue weighted by Crippen LogP contribution is -1.97. The van der Waals surface area contributed by atoms with Crippen molar-refractivity contribution < 1.29 is 13.3 Å². The topological polar surface area (TPSA) is 122 Å². The Morgan fingerprint density at radius 3 is 1.21 bits per heavy atom. The van der Waals surface area contributed by atoms with Gasteiger partial charge in [0, 0.05) is 99.3 Å². The molecule has 0 aliphatic carbocycles. The number of benzene rings is 15. The van der Waals surface area contributed by atoms with Gasteiger partial charge in [-0.3, -0.25) is 4.98 Å². The SMILES string of the molecule is c1ccc(-c2nc3ccc(-c4ccc5c(c4)oc4ccccc45)cc3nc2-c2ccccc2)cc1.c1ccc(-c2nc3cccc(-c4ccc5c(c4)oc4ccccc45)c3nc2-c2ccccc2)cc1.c1ccc(-n2c3ccccc3c3ccc(-c4nc(-c5ccc6c(c5)oc5ccccc56)cc5ncccc45)cc32)cc1. The highest BCUT2D eigenvalue weighted by Gasteiger charge is 2.22. The maximum Gasteiger partial charge on any atom is 0.136 e. The minimum absolute atomic E-state index is 0.854. The number of nitrogens with zero attached hydrogens (tertiary/aromatic N) is 7. The average molecular weight is 1430 g/mol. The van der Waals surface area contributed by atoms with Gasteiger partial charge in [0.25, 0.3) is 0 Å². The van der Waals surface area contributed by atoms with Crippen LogP contribution in [0.1, 0.15) is 0 Å². The molecule has 10 nitrogen and oxygen atoms in total. The average Bonchev–Trinajstić information content (AvgIpc) is 1.55. The summed E-state index contributed by atoms with van der Waals surface area (Å²) in [6.07, 6.45) is 1.84. The Morgan fingerprint density at radius 1 is 0.205 bits per heavy atom. The van der Waals surface area contributed by atoms with Crippen LogP contribution in [0.4, 0.5) is 0 Å². The van der Waals surface area contributed by atoms with Crippen molar-refractivity contribution in [1.82, 2.24) is 34.5 Å². The van der Waals surface area contributed by atoms with Crippen LogP contribution in [-0.2, 0) is 0 Å². The Labute approximate surface area is 642 Å². The van der Waals surface area contributed by atoms with Gasteiger partial charge < -0.3 is 17.8 Å². The molecule has 0 atom stereocenters. The van der Waals surface area contributed by atoms with Crippen molar-refractivity contribution in [2.45, 2.75) is 0 Å². The van der Waals surface area contributed by atoms with E-state index in [1.54, 1.807) is 0 Å². The summed E-state index contributed by atoms with van der Waals surface area (Å²) in [5, 5.41) is 10.2. The van der Waals surface area contributed by atoms with E-state index >= 15 is 0 Å². The van der Waals surface area contributed by atoms with Crippen LogP contribution in [-0.4, -0.2) is 34.5 Å². The number of furan rings is 3. The summed E-state index contributed by atoms with van der Waals surface area (Å²) in [7, 11) is 0.